The lowest BCUT2D eigenvalue weighted by Gasteiger charge is -2.17. The van der Waals surface area contributed by atoms with E-state index in [0.29, 0.717) is 6.42 Å². The second kappa shape index (κ2) is 2.88. The van der Waals surface area contributed by atoms with E-state index in [-0.39, 0.29) is 0 Å². The van der Waals surface area contributed by atoms with Gasteiger partial charge in [0.15, 0.2) is 0 Å². The van der Waals surface area contributed by atoms with Crippen LogP contribution in [0.3, 0.4) is 0 Å². The summed E-state index contributed by atoms with van der Waals surface area (Å²) in [6.07, 6.45) is 3.21. The topological polar surface area (TPSA) is 20.2 Å². The predicted molar refractivity (Wildman–Crippen MR) is 35.7 cm³/mol. The zero-order valence-corrected chi connectivity index (χ0v) is 5.65. The van der Waals surface area contributed by atoms with Crippen LogP contribution in [0.1, 0.15) is 26.7 Å². The van der Waals surface area contributed by atoms with Crippen LogP contribution in [0, 0.1) is 0 Å². The van der Waals surface area contributed by atoms with Crippen molar-refractivity contribution in [3.63, 3.8) is 0 Å². The Morgan fingerprint density at radius 2 is 2.25 bits per heavy atom. The minimum atomic E-state index is -0.526. The van der Waals surface area contributed by atoms with E-state index < -0.39 is 5.60 Å². The van der Waals surface area contributed by atoms with Gasteiger partial charge in [-0.2, -0.15) is 0 Å². The zero-order chi connectivity index (χ0) is 6.62. The summed E-state index contributed by atoms with van der Waals surface area (Å²) in [7, 11) is 0. The highest BCUT2D eigenvalue weighted by molar-refractivity contribution is 4.80. The van der Waals surface area contributed by atoms with Crippen molar-refractivity contribution < 1.29 is 5.11 Å². The molecule has 0 spiro atoms. The van der Waals surface area contributed by atoms with Crippen LogP contribution in [0.5, 0.6) is 0 Å². The van der Waals surface area contributed by atoms with E-state index in [9.17, 15) is 5.11 Å². The molecule has 0 heterocycles. The fourth-order valence-electron chi connectivity index (χ4n) is 0.455. The quantitative estimate of drug-likeness (QED) is 0.554. The molecular formula is C7H14O. The average Bonchev–Trinajstić information content (AvgIpc) is 1.67. The molecular weight excluding hydrogens is 100 g/mol. The summed E-state index contributed by atoms with van der Waals surface area (Å²) in [5.74, 6) is 0. The molecule has 0 bridgehead atoms. The molecule has 0 aromatic heterocycles. The van der Waals surface area contributed by atoms with Crippen LogP contribution < -0.4 is 0 Å². The Bertz CT molecular complexity index is 74.5. The molecule has 0 aliphatic rings. The SMILES string of the molecule is C=CC[C@@](C)(O)CC. The third kappa shape index (κ3) is 2.80. The minimum Gasteiger partial charge on any atom is -0.390 e. The third-order valence-electron chi connectivity index (χ3n) is 1.35. The molecule has 0 aliphatic carbocycles. The second-order valence-corrected chi connectivity index (χ2v) is 2.34. The van der Waals surface area contributed by atoms with Gasteiger partial charge in [-0.15, -0.1) is 6.58 Å². The van der Waals surface area contributed by atoms with Gasteiger partial charge in [-0.1, -0.05) is 13.0 Å². The van der Waals surface area contributed by atoms with Crippen molar-refractivity contribution in [2.75, 3.05) is 0 Å². The molecule has 48 valence electrons. The predicted octanol–water partition coefficient (Wildman–Crippen LogP) is 1.72. The summed E-state index contributed by atoms with van der Waals surface area (Å²) >= 11 is 0. The van der Waals surface area contributed by atoms with Crippen LogP contribution >= 0.6 is 0 Å². The van der Waals surface area contributed by atoms with E-state index in [4.69, 9.17) is 0 Å². The monoisotopic (exact) mass is 114 g/mol. The number of rotatable bonds is 3. The van der Waals surface area contributed by atoms with Crippen LogP contribution in [-0.2, 0) is 0 Å². The Morgan fingerprint density at radius 3 is 2.38 bits per heavy atom. The molecule has 0 saturated carbocycles. The Morgan fingerprint density at radius 1 is 1.75 bits per heavy atom. The fraction of sp³-hybridized carbons (Fsp3) is 0.714. The molecule has 8 heavy (non-hydrogen) atoms. The third-order valence-corrected chi connectivity index (χ3v) is 1.35. The van der Waals surface area contributed by atoms with Crippen molar-refractivity contribution in [1.82, 2.24) is 0 Å². The van der Waals surface area contributed by atoms with Gasteiger partial charge in [0, 0.05) is 0 Å². The van der Waals surface area contributed by atoms with Gasteiger partial charge in [-0.3, -0.25) is 0 Å². The van der Waals surface area contributed by atoms with Gasteiger partial charge in [-0.25, -0.2) is 0 Å². The normalized spacial score (nSPS) is 17.4. The van der Waals surface area contributed by atoms with Crippen LogP contribution in [0.25, 0.3) is 0 Å². The fourth-order valence-corrected chi connectivity index (χ4v) is 0.455. The smallest absolute Gasteiger partial charge is 0.0651 e. The first-order chi connectivity index (χ1) is 3.62. The van der Waals surface area contributed by atoms with Crippen molar-refractivity contribution in [2.45, 2.75) is 32.3 Å². The van der Waals surface area contributed by atoms with Crippen LogP contribution in [0.15, 0.2) is 12.7 Å². The van der Waals surface area contributed by atoms with Crippen molar-refractivity contribution in [2.24, 2.45) is 0 Å². The summed E-state index contributed by atoms with van der Waals surface area (Å²) < 4.78 is 0. The molecule has 1 heteroatoms. The Balaban J connectivity index is 3.53. The minimum absolute atomic E-state index is 0.526. The Labute approximate surface area is 51.0 Å². The van der Waals surface area contributed by atoms with Gasteiger partial charge in [0.1, 0.15) is 0 Å². The molecule has 0 amide bonds. The highest BCUT2D eigenvalue weighted by Crippen LogP contribution is 2.12. The number of hydrogen-bond acceptors (Lipinski definition) is 1. The maximum absolute atomic E-state index is 9.25. The average molecular weight is 114 g/mol. The lowest BCUT2D eigenvalue weighted by Crippen LogP contribution is -2.20. The van der Waals surface area contributed by atoms with Gasteiger partial charge >= 0.3 is 0 Å². The maximum atomic E-state index is 9.25. The van der Waals surface area contributed by atoms with E-state index in [1.165, 1.54) is 0 Å². The van der Waals surface area contributed by atoms with E-state index in [0.717, 1.165) is 6.42 Å². The maximum Gasteiger partial charge on any atom is 0.0651 e. The largest absolute Gasteiger partial charge is 0.390 e. The lowest BCUT2D eigenvalue weighted by atomic mass is 10.00. The van der Waals surface area contributed by atoms with Crippen molar-refractivity contribution >= 4 is 0 Å². The highest BCUT2D eigenvalue weighted by atomic mass is 16.3. The molecule has 0 aromatic carbocycles. The molecule has 1 nitrogen and oxygen atoms in total. The van der Waals surface area contributed by atoms with Crippen LogP contribution in [0.4, 0.5) is 0 Å². The molecule has 0 radical (unpaired) electrons. The molecule has 0 fully saturated rings. The van der Waals surface area contributed by atoms with E-state index in [1.54, 1.807) is 6.08 Å². The first-order valence-corrected chi connectivity index (χ1v) is 2.95. The van der Waals surface area contributed by atoms with Crippen LogP contribution in [-0.4, -0.2) is 10.7 Å². The van der Waals surface area contributed by atoms with Crippen molar-refractivity contribution in [1.29, 1.82) is 0 Å². The van der Waals surface area contributed by atoms with Crippen molar-refractivity contribution in [3.05, 3.63) is 12.7 Å². The van der Waals surface area contributed by atoms with Gasteiger partial charge < -0.3 is 5.11 Å². The first kappa shape index (κ1) is 7.70. The van der Waals surface area contributed by atoms with E-state index in [2.05, 4.69) is 6.58 Å². The summed E-state index contributed by atoms with van der Waals surface area (Å²) in [5, 5.41) is 9.25. The Kier molecular flexibility index (Phi) is 2.77. The summed E-state index contributed by atoms with van der Waals surface area (Å²) in [6.45, 7) is 7.31. The summed E-state index contributed by atoms with van der Waals surface area (Å²) in [6, 6.07) is 0. The molecule has 0 unspecified atom stereocenters. The van der Waals surface area contributed by atoms with Gasteiger partial charge in [0.05, 0.1) is 5.60 Å². The van der Waals surface area contributed by atoms with Gasteiger partial charge in [-0.05, 0) is 19.8 Å². The van der Waals surface area contributed by atoms with Crippen molar-refractivity contribution in [3.8, 4) is 0 Å². The molecule has 1 N–H and O–H groups in total. The van der Waals surface area contributed by atoms with Crippen LogP contribution in [0.2, 0.25) is 0 Å². The van der Waals surface area contributed by atoms with Gasteiger partial charge in [0.2, 0.25) is 0 Å². The number of hydrogen-bond donors (Lipinski definition) is 1. The molecule has 0 aliphatic heterocycles. The second-order valence-electron chi connectivity index (χ2n) is 2.34. The molecule has 1 atom stereocenters. The first-order valence-electron chi connectivity index (χ1n) is 2.95. The molecule has 0 aromatic rings. The Hall–Kier alpha value is -0.300. The molecule has 0 saturated heterocycles. The summed E-state index contributed by atoms with van der Waals surface area (Å²) in [5.41, 5.74) is -0.526. The van der Waals surface area contributed by atoms with E-state index in [1.807, 2.05) is 13.8 Å². The standard InChI is InChI=1S/C7H14O/c1-4-6-7(3,8)5-2/h4,8H,1,5-6H2,2-3H3/t7-/m0/s1. The summed E-state index contributed by atoms with van der Waals surface area (Å²) in [4.78, 5) is 0. The van der Waals surface area contributed by atoms with Gasteiger partial charge in [0.25, 0.3) is 0 Å². The highest BCUT2D eigenvalue weighted by Gasteiger charge is 2.13. The zero-order valence-electron chi connectivity index (χ0n) is 5.65. The van der Waals surface area contributed by atoms with E-state index >= 15 is 0 Å². The number of aliphatic hydroxyl groups is 1. The molecule has 0 rings (SSSR count). The lowest BCUT2D eigenvalue weighted by molar-refractivity contribution is 0.0593.